The third kappa shape index (κ3) is 2.25. The molecule has 2 unspecified atom stereocenters. The van der Waals surface area contributed by atoms with Crippen LogP contribution in [0, 0.1) is 0 Å². The van der Waals surface area contributed by atoms with E-state index in [1.165, 1.54) is 0 Å². The smallest absolute Gasteiger partial charge is 0.152 e. The molecule has 0 bridgehead atoms. The average Bonchev–Trinajstić information content (AvgIpc) is 2.00. The Hall–Kier alpha value is 0.260. The summed E-state index contributed by atoms with van der Waals surface area (Å²) in [6.45, 7) is 2.14. The number of nitrogens with one attached hydrogen (secondary N) is 1. The molecule has 0 aliphatic carbocycles. The van der Waals surface area contributed by atoms with Gasteiger partial charge in [-0.1, -0.05) is 0 Å². The maximum Gasteiger partial charge on any atom is 0.152 e. The molecule has 2 rings (SSSR count). The van der Waals surface area contributed by atoms with Crippen LogP contribution >= 0.6 is 11.8 Å². The summed E-state index contributed by atoms with van der Waals surface area (Å²) in [5.74, 6) is 1.80. The molecular weight excluding hydrogens is 218 g/mol. The molecule has 14 heavy (non-hydrogen) atoms. The molecular formula is C9H17NO2S2. The number of hydrogen-bond donors (Lipinski definition) is 1. The fourth-order valence-corrected chi connectivity index (χ4v) is 6.27. The van der Waals surface area contributed by atoms with E-state index in [0.29, 0.717) is 17.5 Å². The lowest BCUT2D eigenvalue weighted by molar-refractivity contribution is 0.378. The van der Waals surface area contributed by atoms with Crippen molar-refractivity contribution in [2.45, 2.75) is 37.1 Å². The standard InChI is InChI=1S/C9H17NO2S2/c1-8-3-5-13-9(10-8)4-2-6-14(11,12)7-9/h8,10H,2-7H2,1H3. The minimum absolute atomic E-state index is 0.158. The SMILES string of the molecule is CC1CCSC2(CCCS(=O)(=O)C2)N1. The molecule has 2 atom stereocenters. The Labute approximate surface area is 89.9 Å². The van der Waals surface area contributed by atoms with Crippen molar-refractivity contribution in [1.82, 2.24) is 5.32 Å². The summed E-state index contributed by atoms with van der Waals surface area (Å²) >= 11 is 1.80. The molecule has 0 saturated carbocycles. The molecule has 1 spiro atoms. The first kappa shape index (κ1) is 10.8. The van der Waals surface area contributed by atoms with E-state index in [2.05, 4.69) is 12.2 Å². The Balaban J connectivity index is 2.14. The van der Waals surface area contributed by atoms with E-state index < -0.39 is 9.84 Å². The normalized spacial score (nSPS) is 42.5. The van der Waals surface area contributed by atoms with Crippen LogP contribution < -0.4 is 5.32 Å². The number of rotatable bonds is 0. The Kier molecular flexibility index (Phi) is 2.83. The highest BCUT2D eigenvalue weighted by Crippen LogP contribution is 2.37. The zero-order valence-corrected chi connectivity index (χ0v) is 10.1. The van der Waals surface area contributed by atoms with Gasteiger partial charge in [-0.15, -0.1) is 11.8 Å². The summed E-state index contributed by atoms with van der Waals surface area (Å²) in [4.78, 5) is -0.158. The van der Waals surface area contributed by atoms with Crippen LogP contribution in [0.5, 0.6) is 0 Å². The van der Waals surface area contributed by atoms with Gasteiger partial charge >= 0.3 is 0 Å². The predicted octanol–water partition coefficient (Wildman–Crippen LogP) is 1.01. The van der Waals surface area contributed by atoms with E-state index in [9.17, 15) is 8.42 Å². The fourth-order valence-electron chi connectivity index (χ4n) is 2.30. The summed E-state index contributed by atoms with van der Waals surface area (Å²) in [5.41, 5.74) is 0. The molecule has 1 N–H and O–H groups in total. The van der Waals surface area contributed by atoms with Crippen LogP contribution in [0.4, 0.5) is 0 Å². The van der Waals surface area contributed by atoms with Crippen molar-refractivity contribution >= 4 is 21.6 Å². The minimum atomic E-state index is -2.80. The van der Waals surface area contributed by atoms with Crippen LogP contribution in [0.25, 0.3) is 0 Å². The van der Waals surface area contributed by atoms with Gasteiger partial charge in [0.2, 0.25) is 0 Å². The van der Waals surface area contributed by atoms with E-state index in [4.69, 9.17) is 0 Å². The monoisotopic (exact) mass is 235 g/mol. The van der Waals surface area contributed by atoms with Crippen molar-refractivity contribution in [3.05, 3.63) is 0 Å². The molecule has 3 nitrogen and oxygen atoms in total. The lowest BCUT2D eigenvalue weighted by atomic mass is 10.1. The van der Waals surface area contributed by atoms with Gasteiger partial charge in [-0.05, 0) is 31.9 Å². The Morgan fingerprint density at radius 3 is 2.93 bits per heavy atom. The minimum Gasteiger partial charge on any atom is -0.299 e. The Morgan fingerprint density at radius 1 is 1.50 bits per heavy atom. The summed E-state index contributed by atoms with van der Waals surface area (Å²) in [5, 5.41) is 3.47. The summed E-state index contributed by atoms with van der Waals surface area (Å²) in [6.07, 6.45) is 2.96. The van der Waals surface area contributed by atoms with Crippen molar-refractivity contribution in [1.29, 1.82) is 0 Å². The van der Waals surface area contributed by atoms with Crippen molar-refractivity contribution in [2.75, 3.05) is 17.3 Å². The second kappa shape index (κ2) is 3.68. The van der Waals surface area contributed by atoms with Gasteiger partial charge in [0.25, 0.3) is 0 Å². The second-order valence-electron chi connectivity index (χ2n) is 4.37. The predicted molar refractivity (Wildman–Crippen MR) is 60.3 cm³/mol. The maximum atomic E-state index is 11.6. The van der Waals surface area contributed by atoms with Crippen LogP contribution in [0.3, 0.4) is 0 Å². The molecule has 2 aliphatic rings. The topological polar surface area (TPSA) is 46.2 Å². The van der Waals surface area contributed by atoms with Crippen LogP contribution in [0.15, 0.2) is 0 Å². The number of thioether (sulfide) groups is 1. The van der Waals surface area contributed by atoms with Gasteiger partial charge in [-0.3, -0.25) is 5.32 Å². The summed E-state index contributed by atoms with van der Waals surface area (Å²) in [6, 6.07) is 0.463. The molecule has 2 saturated heterocycles. The zero-order valence-electron chi connectivity index (χ0n) is 8.45. The fraction of sp³-hybridized carbons (Fsp3) is 1.00. The van der Waals surface area contributed by atoms with E-state index in [1.807, 2.05) is 0 Å². The first-order valence-corrected chi connectivity index (χ1v) is 7.94. The Bertz CT molecular complexity index is 311. The van der Waals surface area contributed by atoms with Crippen LogP contribution in [-0.4, -0.2) is 36.6 Å². The number of sulfone groups is 1. The quantitative estimate of drug-likeness (QED) is 0.680. The first-order valence-electron chi connectivity index (χ1n) is 5.13. The van der Waals surface area contributed by atoms with Crippen molar-refractivity contribution in [3.63, 3.8) is 0 Å². The lowest BCUT2D eigenvalue weighted by Gasteiger charge is -2.42. The molecule has 2 heterocycles. The lowest BCUT2D eigenvalue weighted by Crippen LogP contribution is -2.56. The van der Waals surface area contributed by atoms with Crippen molar-refractivity contribution in [2.24, 2.45) is 0 Å². The molecule has 2 fully saturated rings. The van der Waals surface area contributed by atoms with Gasteiger partial charge in [-0.2, -0.15) is 0 Å². The zero-order chi connectivity index (χ0) is 10.2. The van der Waals surface area contributed by atoms with E-state index in [0.717, 1.165) is 25.0 Å². The molecule has 0 aromatic rings. The molecule has 0 radical (unpaired) electrons. The highest BCUT2D eigenvalue weighted by atomic mass is 32.2. The molecule has 0 amide bonds. The van der Waals surface area contributed by atoms with E-state index in [1.54, 1.807) is 11.8 Å². The largest absolute Gasteiger partial charge is 0.299 e. The van der Waals surface area contributed by atoms with Gasteiger partial charge in [0, 0.05) is 6.04 Å². The highest BCUT2D eigenvalue weighted by Gasteiger charge is 2.41. The van der Waals surface area contributed by atoms with Crippen molar-refractivity contribution in [3.8, 4) is 0 Å². The molecule has 2 aliphatic heterocycles. The molecule has 0 aromatic carbocycles. The number of hydrogen-bond acceptors (Lipinski definition) is 4. The maximum absolute atomic E-state index is 11.6. The van der Waals surface area contributed by atoms with Crippen LogP contribution in [-0.2, 0) is 9.84 Å². The van der Waals surface area contributed by atoms with E-state index >= 15 is 0 Å². The second-order valence-corrected chi connectivity index (χ2v) is 8.03. The summed E-state index contributed by atoms with van der Waals surface area (Å²) < 4.78 is 23.2. The van der Waals surface area contributed by atoms with Crippen molar-refractivity contribution < 1.29 is 8.42 Å². The average molecular weight is 235 g/mol. The van der Waals surface area contributed by atoms with Gasteiger partial charge in [0.1, 0.15) is 0 Å². The Morgan fingerprint density at radius 2 is 2.29 bits per heavy atom. The van der Waals surface area contributed by atoms with Gasteiger partial charge in [0.15, 0.2) is 9.84 Å². The molecule has 0 aromatic heterocycles. The molecule has 82 valence electrons. The van der Waals surface area contributed by atoms with Crippen LogP contribution in [0.2, 0.25) is 0 Å². The van der Waals surface area contributed by atoms with Gasteiger partial charge < -0.3 is 0 Å². The summed E-state index contributed by atoms with van der Waals surface area (Å²) in [7, 11) is -2.80. The third-order valence-electron chi connectivity index (χ3n) is 2.93. The third-order valence-corrected chi connectivity index (χ3v) is 6.41. The van der Waals surface area contributed by atoms with Gasteiger partial charge in [-0.25, -0.2) is 8.42 Å². The first-order chi connectivity index (χ1) is 6.52. The van der Waals surface area contributed by atoms with E-state index in [-0.39, 0.29) is 4.87 Å². The highest BCUT2D eigenvalue weighted by molar-refractivity contribution is 8.02. The molecule has 5 heteroatoms. The van der Waals surface area contributed by atoms with Gasteiger partial charge in [0.05, 0.1) is 16.4 Å². The van der Waals surface area contributed by atoms with Crippen LogP contribution in [0.1, 0.15) is 26.2 Å².